The Morgan fingerprint density at radius 2 is 1.71 bits per heavy atom. The summed E-state index contributed by atoms with van der Waals surface area (Å²) in [5.41, 5.74) is -7.66. The summed E-state index contributed by atoms with van der Waals surface area (Å²) in [6, 6.07) is 3.41. The number of benzene rings is 1. The molecule has 66 heavy (non-hydrogen) atoms. The number of ketones is 1. The highest BCUT2D eigenvalue weighted by molar-refractivity contribution is 8.76. The minimum Gasteiger partial charge on any atom is -0.496 e. The third-order valence-corrected chi connectivity index (χ3v) is 15.1. The molecule has 4 aliphatic rings. The number of aryl methyl sites for hydroxylation is 1. The van der Waals surface area contributed by atoms with Crippen LogP contribution in [0.5, 0.6) is 5.75 Å². The highest BCUT2D eigenvalue weighted by Gasteiger charge is 2.78. The Morgan fingerprint density at radius 1 is 1.05 bits per heavy atom. The van der Waals surface area contributed by atoms with Gasteiger partial charge in [0, 0.05) is 30.9 Å². The molecule has 0 radical (unpaired) electrons. The zero-order chi connectivity index (χ0) is 49.5. The molecular formula is C47H65NO16S2. The Balaban J connectivity index is 1.78. The van der Waals surface area contributed by atoms with Crippen LogP contribution in [-0.2, 0) is 47.6 Å². The highest BCUT2D eigenvalue weighted by atomic mass is 33.1. The summed E-state index contributed by atoms with van der Waals surface area (Å²) in [6.45, 7) is 16.9. The van der Waals surface area contributed by atoms with Gasteiger partial charge in [-0.1, -0.05) is 58.7 Å². The molecule has 4 N–H and O–H groups in total. The highest BCUT2D eigenvalue weighted by Crippen LogP contribution is 2.64. The average Bonchev–Trinajstić information content (AvgIpc) is 3.20. The smallest absolute Gasteiger partial charge is 0.408 e. The van der Waals surface area contributed by atoms with Crippen molar-refractivity contribution in [3.8, 4) is 5.75 Å². The van der Waals surface area contributed by atoms with Gasteiger partial charge in [-0.15, -0.1) is 0 Å². The summed E-state index contributed by atoms with van der Waals surface area (Å²) in [5.74, 6) is -5.91. The number of allylic oxidation sites excluding steroid dienone is 1. The Kier molecular flexibility index (Phi) is 15.9. The van der Waals surface area contributed by atoms with Gasteiger partial charge in [-0.05, 0) is 84.9 Å². The van der Waals surface area contributed by atoms with Gasteiger partial charge in [-0.25, -0.2) is 14.4 Å². The van der Waals surface area contributed by atoms with Crippen LogP contribution in [0.3, 0.4) is 0 Å². The number of aliphatic hydroxyl groups is 3. The van der Waals surface area contributed by atoms with Crippen molar-refractivity contribution in [3.63, 3.8) is 0 Å². The summed E-state index contributed by atoms with van der Waals surface area (Å²) >= 11 is 0. The molecule has 0 unspecified atom stereocenters. The lowest BCUT2D eigenvalue weighted by Crippen LogP contribution is -2.82. The maximum absolute atomic E-state index is 15.8. The van der Waals surface area contributed by atoms with Crippen LogP contribution >= 0.6 is 21.6 Å². The number of Topliss-reactive ketones (excluding diaryl/α,β-unsaturated/α-hetero) is 1. The zero-order valence-corrected chi connectivity index (χ0v) is 41.6. The number of hydrogen-bond donors (Lipinski definition) is 4. The molecule has 2 bridgehead atoms. The summed E-state index contributed by atoms with van der Waals surface area (Å²) in [5, 5.41) is 40.2. The zero-order valence-electron chi connectivity index (χ0n) is 39.9. The van der Waals surface area contributed by atoms with Crippen molar-refractivity contribution in [2.45, 2.75) is 155 Å². The number of amides is 1. The lowest BCUT2D eigenvalue weighted by atomic mass is 9.44. The monoisotopic (exact) mass is 963 g/mol. The second kappa shape index (κ2) is 19.8. The minimum atomic E-state index is -2.45. The Bertz CT molecular complexity index is 2150. The molecular weight excluding hydrogens is 899 g/mol. The van der Waals surface area contributed by atoms with Crippen LogP contribution in [0.15, 0.2) is 41.0 Å². The van der Waals surface area contributed by atoms with Gasteiger partial charge in [-0.3, -0.25) is 14.4 Å². The molecule has 1 aromatic carbocycles. The molecule has 19 heteroatoms. The second-order valence-corrected chi connectivity index (χ2v) is 22.2. The number of aliphatic hydroxyl groups excluding tert-OH is 2. The summed E-state index contributed by atoms with van der Waals surface area (Å²) < 4.78 is 41.8. The molecule has 1 aliphatic heterocycles. The molecule has 1 aromatic rings. The van der Waals surface area contributed by atoms with Crippen LogP contribution in [-0.4, -0.2) is 136 Å². The number of esters is 4. The second-order valence-electron chi connectivity index (χ2n) is 19.5. The lowest BCUT2D eigenvalue weighted by molar-refractivity contribution is -0.346. The van der Waals surface area contributed by atoms with E-state index in [4.69, 9.17) is 33.2 Å². The molecule has 2 saturated carbocycles. The van der Waals surface area contributed by atoms with E-state index in [0.717, 1.165) is 6.92 Å². The standard InChI is InChI=1S/C47H65NO16S2/c1-23(2)18-28(48-42(56)64-43(6,7)8)35(52)41(55)60-30-21-47(57)39(62-40(54)27-19-24(3)14-15-29(27)58-12)37-45(11,31(50)20-32-46(37,22-59-32)63-26(5)49)38(53)36(34(25(30)4)44(47,9)10)61-33(51)16-17-66-65-13/h14-15,18-19,28,30-32,35-37,39,50,52,57H,16-17,20-22H2,1-13H3,(H,48,56)/t28-,30-,31-,32+,35+,36+,37-,39-,45+,46-,47+/m0/s1. The van der Waals surface area contributed by atoms with Gasteiger partial charge in [0.2, 0.25) is 0 Å². The van der Waals surface area contributed by atoms with Crippen molar-refractivity contribution in [2.75, 3.05) is 25.7 Å². The quantitative estimate of drug-likeness (QED) is 0.0622. The molecule has 0 spiro atoms. The number of hydrogen-bond acceptors (Lipinski definition) is 18. The number of carbonyl (C=O) groups excluding carboxylic acids is 6. The molecule has 1 amide bonds. The number of nitrogens with one attached hydrogen (secondary N) is 1. The fourth-order valence-corrected chi connectivity index (χ4v) is 11.2. The summed E-state index contributed by atoms with van der Waals surface area (Å²) in [6.07, 6.45) is -8.59. The van der Waals surface area contributed by atoms with Gasteiger partial charge in [0.05, 0.1) is 43.6 Å². The first-order chi connectivity index (χ1) is 30.6. The van der Waals surface area contributed by atoms with Gasteiger partial charge in [0.1, 0.15) is 40.8 Å². The van der Waals surface area contributed by atoms with Crippen LogP contribution in [0.4, 0.5) is 4.79 Å². The SMILES string of the molecule is COc1ccc(C)cc1C(=O)O[C@H]1[C@@H]2[C@]3(OC(C)=O)CO[C@@H]3C[C@H](O)[C@@]2(C)C(=O)[C@H](OC(=O)CCSSC)C2=C(C)[C@@H](OC(=O)[C@H](O)[C@H](C=C(C)C)NC(=O)OC(C)(C)C)C[C@]1(O)C2(C)C. The first kappa shape index (κ1) is 52.8. The predicted molar refractivity (Wildman–Crippen MR) is 243 cm³/mol. The maximum Gasteiger partial charge on any atom is 0.408 e. The van der Waals surface area contributed by atoms with Crippen molar-refractivity contribution in [3.05, 3.63) is 52.1 Å². The average molecular weight is 964 g/mol. The van der Waals surface area contributed by atoms with E-state index >= 15 is 4.79 Å². The van der Waals surface area contributed by atoms with Gasteiger partial charge in [0.25, 0.3) is 0 Å². The Labute approximate surface area is 393 Å². The van der Waals surface area contributed by atoms with Crippen molar-refractivity contribution in [1.82, 2.24) is 5.32 Å². The Morgan fingerprint density at radius 3 is 2.27 bits per heavy atom. The van der Waals surface area contributed by atoms with Crippen LogP contribution in [0.1, 0.15) is 104 Å². The molecule has 1 heterocycles. The van der Waals surface area contributed by atoms with Crippen LogP contribution in [0, 0.1) is 23.7 Å². The molecule has 3 aliphatic carbocycles. The van der Waals surface area contributed by atoms with Crippen molar-refractivity contribution < 1.29 is 77.2 Å². The molecule has 1 saturated heterocycles. The third-order valence-electron chi connectivity index (χ3n) is 13.3. The molecule has 0 aromatic heterocycles. The number of fused-ring (bicyclic) bond motifs is 5. The van der Waals surface area contributed by atoms with Crippen molar-refractivity contribution >= 4 is 57.3 Å². The van der Waals surface area contributed by atoms with E-state index < -0.39 is 118 Å². The largest absolute Gasteiger partial charge is 0.496 e. The van der Waals surface area contributed by atoms with E-state index in [-0.39, 0.29) is 41.9 Å². The fourth-order valence-electron chi connectivity index (χ4n) is 10.0. The van der Waals surface area contributed by atoms with Crippen LogP contribution < -0.4 is 10.1 Å². The molecule has 17 nitrogen and oxygen atoms in total. The van der Waals surface area contributed by atoms with E-state index in [0.29, 0.717) is 16.9 Å². The fraction of sp³-hybridized carbons (Fsp3) is 0.660. The molecule has 5 rings (SSSR count). The van der Waals surface area contributed by atoms with Gasteiger partial charge < -0.3 is 53.8 Å². The van der Waals surface area contributed by atoms with E-state index in [1.54, 1.807) is 67.5 Å². The van der Waals surface area contributed by atoms with Gasteiger partial charge in [-0.2, -0.15) is 0 Å². The van der Waals surface area contributed by atoms with Crippen LogP contribution in [0.25, 0.3) is 0 Å². The van der Waals surface area contributed by atoms with E-state index in [1.807, 2.05) is 6.26 Å². The van der Waals surface area contributed by atoms with Crippen molar-refractivity contribution in [2.24, 2.45) is 16.7 Å². The van der Waals surface area contributed by atoms with Crippen LogP contribution in [0.2, 0.25) is 0 Å². The number of alkyl carbamates (subject to hydrolysis) is 1. The maximum atomic E-state index is 15.8. The third kappa shape index (κ3) is 10.0. The normalized spacial score (nSPS) is 30.9. The number of methoxy groups -OCH3 is 1. The Hall–Kier alpha value is -4.14. The molecule has 3 fully saturated rings. The topological polar surface area (TPSA) is 240 Å². The first-order valence-corrected chi connectivity index (χ1v) is 24.5. The number of carbonyl (C=O) groups is 6. The molecule has 11 atom stereocenters. The number of ether oxygens (including phenoxy) is 7. The lowest BCUT2D eigenvalue weighted by Gasteiger charge is -2.67. The van der Waals surface area contributed by atoms with Gasteiger partial charge in [0.15, 0.2) is 23.6 Å². The van der Waals surface area contributed by atoms with E-state index in [9.17, 15) is 39.3 Å². The predicted octanol–water partition coefficient (Wildman–Crippen LogP) is 5.12. The van der Waals surface area contributed by atoms with E-state index in [1.165, 1.54) is 54.7 Å². The van der Waals surface area contributed by atoms with Crippen molar-refractivity contribution in [1.29, 1.82) is 0 Å². The first-order valence-electron chi connectivity index (χ1n) is 21.8. The van der Waals surface area contributed by atoms with E-state index in [2.05, 4.69) is 5.32 Å². The van der Waals surface area contributed by atoms with Gasteiger partial charge >= 0.3 is 30.0 Å². The minimum absolute atomic E-state index is 0.0123. The number of rotatable bonds is 14. The molecule has 366 valence electrons. The summed E-state index contributed by atoms with van der Waals surface area (Å²) in [4.78, 5) is 84.7. The summed E-state index contributed by atoms with van der Waals surface area (Å²) in [7, 11) is 4.16.